The molecule has 0 bridgehead atoms. The van der Waals surface area contributed by atoms with Crippen LogP contribution in [0.25, 0.3) is 0 Å². The predicted molar refractivity (Wildman–Crippen MR) is 157 cm³/mol. The summed E-state index contributed by atoms with van der Waals surface area (Å²) in [4.78, 5) is 15.8. The van der Waals surface area contributed by atoms with Crippen LogP contribution in [0.3, 0.4) is 0 Å². The molecule has 5 heteroatoms. The highest BCUT2D eigenvalue weighted by Gasteiger charge is 2.37. The zero-order chi connectivity index (χ0) is 28.4. The molecule has 1 aliphatic heterocycles. The fourth-order valence-corrected chi connectivity index (χ4v) is 5.45. The van der Waals surface area contributed by atoms with E-state index < -0.39 is 0 Å². The van der Waals surface area contributed by atoms with Crippen molar-refractivity contribution in [1.82, 2.24) is 4.90 Å². The largest absolute Gasteiger partial charge is 0.507 e. The second kappa shape index (κ2) is 11.5. The molecule has 1 heterocycles. The number of rotatable bonds is 9. The van der Waals surface area contributed by atoms with E-state index >= 15 is 0 Å². The van der Waals surface area contributed by atoms with Crippen molar-refractivity contribution in [1.29, 1.82) is 5.41 Å². The summed E-state index contributed by atoms with van der Waals surface area (Å²) in [6.07, 6.45) is 3.78. The Kier molecular flexibility index (Phi) is 9.00. The second-order valence-electron chi connectivity index (χ2n) is 13.2. The summed E-state index contributed by atoms with van der Waals surface area (Å²) in [5.74, 6) is 1.79. The van der Waals surface area contributed by atoms with E-state index in [1.807, 2.05) is 43.0 Å². The summed E-state index contributed by atoms with van der Waals surface area (Å²) in [6.45, 7) is 18.7. The highest BCUT2D eigenvalue weighted by molar-refractivity contribution is 6.01. The number of phenolic OH excluding ortho intramolecular Hbond substituents is 1. The van der Waals surface area contributed by atoms with Crippen LogP contribution in [0, 0.1) is 11.3 Å². The average Bonchev–Trinajstić information content (AvgIpc) is 3.07. The number of benzene rings is 2. The van der Waals surface area contributed by atoms with Crippen LogP contribution < -0.4 is 4.74 Å². The quantitative estimate of drug-likeness (QED) is 0.333. The Morgan fingerprint density at radius 3 is 2.08 bits per heavy atom. The van der Waals surface area contributed by atoms with E-state index in [4.69, 9.17) is 10.1 Å². The third kappa shape index (κ3) is 6.98. The van der Waals surface area contributed by atoms with Crippen molar-refractivity contribution in [3.8, 4) is 11.5 Å². The van der Waals surface area contributed by atoms with Gasteiger partial charge >= 0.3 is 0 Å². The molecule has 2 N–H and O–H groups in total. The summed E-state index contributed by atoms with van der Waals surface area (Å²) < 4.78 is 5.77. The zero-order valence-electron chi connectivity index (χ0n) is 24.9. The molecule has 0 spiro atoms. The Hall–Kier alpha value is -2.82. The molecule has 0 aliphatic carbocycles. The first-order valence-corrected chi connectivity index (χ1v) is 14.1. The number of hydrogen-bond acceptors (Lipinski definition) is 4. The molecule has 0 saturated carbocycles. The molecule has 1 fully saturated rings. The van der Waals surface area contributed by atoms with E-state index in [1.54, 1.807) is 0 Å². The Morgan fingerprint density at radius 1 is 1.05 bits per heavy atom. The van der Waals surface area contributed by atoms with E-state index in [0.717, 1.165) is 42.6 Å². The monoisotopic (exact) mass is 520 g/mol. The molecule has 0 unspecified atom stereocenters. The maximum absolute atomic E-state index is 13.7. The molecule has 0 aromatic heterocycles. The molecule has 2 aromatic rings. The number of Topliss-reactive ketones (excluding diaryl/α,β-unsaturated/α-hetero) is 1. The summed E-state index contributed by atoms with van der Waals surface area (Å²) in [5.41, 5.74) is 2.78. The second-order valence-corrected chi connectivity index (χ2v) is 13.2. The van der Waals surface area contributed by atoms with Gasteiger partial charge in [-0.25, -0.2) is 0 Å². The van der Waals surface area contributed by atoms with Crippen LogP contribution in [0.1, 0.15) is 109 Å². The van der Waals surface area contributed by atoms with Crippen LogP contribution in [-0.4, -0.2) is 40.3 Å². The van der Waals surface area contributed by atoms with Crippen molar-refractivity contribution >= 4 is 11.6 Å². The first kappa shape index (κ1) is 29.7. The Labute approximate surface area is 230 Å². The zero-order valence-corrected chi connectivity index (χ0v) is 24.9. The lowest BCUT2D eigenvalue weighted by Crippen LogP contribution is -2.38. The van der Waals surface area contributed by atoms with Gasteiger partial charge in [0.15, 0.2) is 5.78 Å². The lowest BCUT2D eigenvalue weighted by atomic mass is 9.78. The standard InChI is InChI=1S/C33H48N2O3/c1-10-11-25-17-24(16-22-12-14-26(15-13-22)38-21(2)3)31(34)35(25)20-29(36)23-18-27(32(4,5)6)30(37)28(19-23)33(7,8)9/h12-15,18-19,21,24-25,34,37H,10-11,16-17,20H2,1-9H3/t24-,25-/m0/s1. The van der Waals surface area contributed by atoms with E-state index in [9.17, 15) is 9.90 Å². The van der Waals surface area contributed by atoms with Gasteiger partial charge in [-0.3, -0.25) is 10.2 Å². The molecular formula is C33H48N2O3. The summed E-state index contributed by atoms with van der Waals surface area (Å²) >= 11 is 0. The molecule has 1 aliphatic rings. The fraction of sp³-hybridized carbons (Fsp3) is 0.576. The molecular weight excluding hydrogens is 472 g/mol. The molecule has 0 radical (unpaired) electrons. The van der Waals surface area contributed by atoms with Crippen LogP contribution in [-0.2, 0) is 17.3 Å². The topological polar surface area (TPSA) is 73.6 Å². The molecule has 5 nitrogen and oxygen atoms in total. The van der Waals surface area contributed by atoms with Crippen LogP contribution in [0.2, 0.25) is 0 Å². The number of aromatic hydroxyl groups is 1. The maximum atomic E-state index is 13.7. The lowest BCUT2D eigenvalue weighted by Gasteiger charge is -2.29. The third-order valence-electron chi connectivity index (χ3n) is 7.45. The minimum absolute atomic E-state index is 0.00249. The number of hydrogen-bond donors (Lipinski definition) is 2. The summed E-state index contributed by atoms with van der Waals surface area (Å²) in [6, 6.07) is 12.1. The average molecular weight is 521 g/mol. The number of likely N-dealkylation sites (tertiary alicyclic amines) is 1. The van der Waals surface area contributed by atoms with Crippen LogP contribution in [0.4, 0.5) is 0 Å². The SMILES string of the molecule is CCC[C@H]1C[C@H](Cc2ccc(OC(C)C)cc2)C(=N)N1CC(=O)c1cc(C(C)(C)C)c(O)c(C(C)(C)C)c1. The fourth-order valence-electron chi connectivity index (χ4n) is 5.45. The smallest absolute Gasteiger partial charge is 0.182 e. The van der Waals surface area contributed by atoms with Crippen molar-refractivity contribution in [2.24, 2.45) is 5.92 Å². The maximum Gasteiger partial charge on any atom is 0.182 e. The molecule has 2 atom stereocenters. The number of ketones is 1. The highest BCUT2D eigenvalue weighted by Crippen LogP contribution is 2.40. The molecule has 1 saturated heterocycles. The Bertz CT molecular complexity index is 1100. The van der Waals surface area contributed by atoms with Gasteiger partial charge in [0.05, 0.1) is 18.5 Å². The highest BCUT2D eigenvalue weighted by atomic mass is 16.5. The Balaban J connectivity index is 1.84. The van der Waals surface area contributed by atoms with Crippen molar-refractivity contribution in [2.75, 3.05) is 6.54 Å². The van der Waals surface area contributed by atoms with Crippen molar-refractivity contribution in [3.05, 3.63) is 58.7 Å². The Morgan fingerprint density at radius 2 is 1.61 bits per heavy atom. The van der Waals surface area contributed by atoms with Crippen LogP contribution in [0.15, 0.2) is 36.4 Å². The molecule has 3 rings (SSSR count). The number of ether oxygens (including phenoxy) is 1. The van der Waals surface area contributed by atoms with Crippen molar-refractivity contribution in [3.63, 3.8) is 0 Å². The van der Waals surface area contributed by atoms with Gasteiger partial charge in [0.25, 0.3) is 0 Å². The molecule has 208 valence electrons. The van der Waals surface area contributed by atoms with E-state index in [-0.39, 0.29) is 47.0 Å². The van der Waals surface area contributed by atoms with E-state index in [0.29, 0.717) is 11.4 Å². The minimum atomic E-state index is -0.299. The summed E-state index contributed by atoms with van der Waals surface area (Å²) in [7, 11) is 0. The van der Waals surface area contributed by atoms with Gasteiger partial charge in [0.2, 0.25) is 0 Å². The van der Waals surface area contributed by atoms with Gasteiger partial charge in [-0.15, -0.1) is 0 Å². The third-order valence-corrected chi connectivity index (χ3v) is 7.45. The number of phenols is 1. The number of amidine groups is 1. The molecule has 38 heavy (non-hydrogen) atoms. The lowest BCUT2D eigenvalue weighted by molar-refractivity contribution is 0.0950. The van der Waals surface area contributed by atoms with E-state index in [2.05, 4.69) is 60.6 Å². The first-order valence-electron chi connectivity index (χ1n) is 14.1. The van der Waals surface area contributed by atoms with Gasteiger partial charge in [-0.1, -0.05) is 67.0 Å². The number of carbonyl (C=O) groups is 1. The van der Waals surface area contributed by atoms with Gasteiger partial charge in [-0.2, -0.15) is 0 Å². The minimum Gasteiger partial charge on any atom is -0.507 e. The number of carbonyl (C=O) groups excluding carboxylic acids is 1. The predicted octanol–water partition coefficient (Wildman–Crippen LogP) is 7.67. The van der Waals surface area contributed by atoms with Gasteiger partial charge in [0.1, 0.15) is 11.5 Å². The normalized spacial score (nSPS) is 18.4. The van der Waals surface area contributed by atoms with Crippen molar-refractivity contribution in [2.45, 2.75) is 111 Å². The number of nitrogens with one attached hydrogen (secondary N) is 1. The molecule has 2 aromatic carbocycles. The van der Waals surface area contributed by atoms with Gasteiger partial charge in [0, 0.05) is 28.7 Å². The summed E-state index contributed by atoms with van der Waals surface area (Å²) in [5, 5.41) is 20.1. The van der Waals surface area contributed by atoms with Gasteiger partial charge < -0.3 is 14.7 Å². The number of nitrogens with zero attached hydrogens (tertiary/aromatic N) is 1. The van der Waals surface area contributed by atoms with Gasteiger partial charge in [-0.05, 0) is 73.8 Å². The molecule has 0 amide bonds. The van der Waals surface area contributed by atoms with E-state index in [1.165, 1.54) is 5.56 Å². The van der Waals surface area contributed by atoms with Crippen LogP contribution >= 0.6 is 0 Å². The van der Waals surface area contributed by atoms with Crippen LogP contribution in [0.5, 0.6) is 11.5 Å². The first-order chi connectivity index (χ1) is 17.6. The van der Waals surface area contributed by atoms with Crippen molar-refractivity contribution < 1.29 is 14.6 Å².